The summed E-state index contributed by atoms with van der Waals surface area (Å²) in [6.07, 6.45) is 0.957. The van der Waals surface area contributed by atoms with Crippen molar-refractivity contribution in [3.63, 3.8) is 0 Å². The minimum absolute atomic E-state index is 0.0708. The number of fused-ring (bicyclic) bond motifs is 1. The molecule has 2 atom stereocenters. The fraction of sp³-hybridized carbons (Fsp3) is 1.00. The predicted octanol–water partition coefficient (Wildman–Crippen LogP) is 0.0122. The van der Waals surface area contributed by atoms with Crippen LogP contribution in [0.3, 0.4) is 0 Å². The standard InChI is InChI=1S/C14H29N3O4S2/c1-12(2)11-16-9-10-22(18,19)14-6-8-17(7-5-13(14)16)23(20,21)15(3)4/h12-14H,5-11H2,1-4H3/t13-,14+/m1/s1. The Morgan fingerprint density at radius 1 is 1.13 bits per heavy atom. The van der Waals surface area contributed by atoms with E-state index in [0.29, 0.717) is 31.8 Å². The Hall–Kier alpha value is -0.220. The number of hydrogen-bond acceptors (Lipinski definition) is 5. The smallest absolute Gasteiger partial charge is 0.281 e. The van der Waals surface area contributed by atoms with E-state index in [9.17, 15) is 16.8 Å². The molecule has 0 N–H and O–H groups in total. The van der Waals surface area contributed by atoms with Gasteiger partial charge in [-0.25, -0.2) is 8.42 Å². The van der Waals surface area contributed by atoms with Crippen molar-refractivity contribution in [1.29, 1.82) is 0 Å². The second-order valence-electron chi connectivity index (χ2n) is 7.13. The van der Waals surface area contributed by atoms with Crippen molar-refractivity contribution < 1.29 is 16.8 Å². The summed E-state index contributed by atoms with van der Waals surface area (Å²) < 4.78 is 52.3. The maximum Gasteiger partial charge on any atom is 0.281 e. The van der Waals surface area contributed by atoms with Crippen molar-refractivity contribution in [3.05, 3.63) is 0 Å². The van der Waals surface area contributed by atoms with E-state index in [1.807, 2.05) is 0 Å². The van der Waals surface area contributed by atoms with Crippen molar-refractivity contribution >= 4 is 20.0 Å². The molecule has 2 heterocycles. The number of rotatable bonds is 4. The Labute approximate surface area is 140 Å². The molecular weight excluding hydrogens is 338 g/mol. The second kappa shape index (κ2) is 6.95. The molecule has 0 saturated carbocycles. The highest BCUT2D eigenvalue weighted by Gasteiger charge is 2.44. The lowest BCUT2D eigenvalue weighted by Gasteiger charge is -2.40. The van der Waals surface area contributed by atoms with Crippen LogP contribution >= 0.6 is 0 Å². The highest BCUT2D eigenvalue weighted by atomic mass is 32.2. The van der Waals surface area contributed by atoms with E-state index >= 15 is 0 Å². The van der Waals surface area contributed by atoms with Gasteiger partial charge in [-0.05, 0) is 18.8 Å². The van der Waals surface area contributed by atoms with Gasteiger partial charge >= 0.3 is 0 Å². The van der Waals surface area contributed by atoms with Gasteiger partial charge in [0.1, 0.15) is 0 Å². The molecule has 2 rings (SSSR count). The minimum Gasteiger partial charge on any atom is -0.298 e. The molecule has 2 saturated heterocycles. The SMILES string of the molecule is CC(C)CN1CCS(=O)(=O)[C@H]2CCN(S(=O)(=O)N(C)C)CC[C@H]21. The van der Waals surface area contributed by atoms with Crippen LogP contribution in [0.15, 0.2) is 0 Å². The first-order chi connectivity index (χ1) is 10.6. The van der Waals surface area contributed by atoms with Gasteiger partial charge < -0.3 is 0 Å². The van der Waals surface area contributed by atoms with Crippen molar-refractivity contribution in [2.24, 2.45) is 5.92 Å². The van der Waals surface area contributed by atoms with Crippen LogP contribution in [0, 0.1) is 5.92 Å². The Morgan fingerprint density at radius 3 is 2.30 bits per heavy atom. The quantitative estimate of drug-likeness (QED) is 0.700. The third kappa shape index (κ3) is 4.07. The molecule has 0 bridgehead atoms. The molecule has 2 aliphatic rings. The van der Waals surface area contributed by atoms with E-state index in [0.717, 1.165) is 6.54 Å². The zero-order valence-electron chi connectivity index (χ0n) is 14.5. The first-order valence-corrected chi connectivity index (χ1v) is 11.3. The number of sulfone groups is 1. The van der Waals surface area contributed by atoms with E-state index in [1.54, 1.807) is 0 Å². The normalized spacial score (nSPS) is 30.3. The van der Waals surface area contributed by atoms with Crippen LogP contribution in [0.5, 0.6) is 0 Å². The Morgan fingerprint density at radius 2 is 1.74 bits per heavy atom. The molecule has 2 fully saturated rings. The summed E-state index contributed by atoms with van der Waals surface area (Å²) in [4.78, 5) is 2.25. The van der Waals surface area contributed by atoms with E-state index in [2.05, 4.69) is 18.7 Å². The molecule has 0 unspecified atom stereocenters. The zero-order chi connectivity index (χ0) is 17.4. The maximum absolute atomic E-state index is 12.5. The van der Waals surface area contributed by atoms with Crippen LogP contribution in [0.25, 0.3) is 0 Å². The molecule has 0 aliphatic carbocycles. The Kier molecular flexibility index (Phi) is 5.78. The van der Waals surface area contributed by atoms with Crippen LogP contribution in [0.4, 0.5) is 0 Å². The summed E-state index contributed by atoms with van der Waals surface area (Å²) >= 11 is 0. The van der Waals surface area contributed by atoms with E-state index < -0.39 is 25.3 Å². The van der Waals surface area contributed by atoms with Gasteiger partial charge in [0.05, 0.1) is 11.0 Å². The van der Waals surface area contributed by atoms with E-state index in [4.69, 9.17) is 0 Å². The summed E-state index contributed by atoms with van der Waals surface area (Å²) in [5.74, 6) is 0.641. The van der Waals surface area contributed by atoms with Crippen LogP contribution < -0.4 is 0 Å². The molecule has 0 spiro atoms. The average Bonchev–Trinajstić information content (AvgIpc) is 2.65. The van der Waals surface area contributed by atoms with Gasteiger partial charge in [0.2, 0.25) is 0 Å². The minimum atomic E-state index is -3.49. The Balaban J connectivity index is 2.24. The lowest BCUT2D eigenvalue weighted by Crippen LogP contribution is -2.55. The summed E-state index contributed by atoms with van der Waals surface area (Å²) in [5, 5.41) is -0.447. The van der Waals surface area contributed by atoms with Gasteiger partial charge in [-0.2, -0.15) is 17.0 Å². The largest absolute Gasteiger partial charge is 0.298 e. The topological polar surface area (TPSA) is 78.0 Å². The van der Waals surface area contributed by atoms with Crippen LogP contribution in [0.2, 0.25) is 0 Å². The van der Waals surface area contributed by atoms with Gasteiger partial charge in [-0.1, -0.05) is 13.8 Å². The van der Waals surface area contributed by atoms with Gasteiger partial charge in [-0.15, -0.1) is 0 Å². The molecular formula is C14H29N3O4S2. The molecule has 2 aliphatic heterocycles. The molecule has 136 valence electrons. The summed E-state index contributed by atoms with van der Waals surface area (Å²) in [7, 11) is -3.61. The van der Waals surface area contributed by atoms with Crippen molar-refractivity contribution in [3.8, 4) is 0 Å². The van der Waals surface area contributed by atoms with Gasteiger partial charge in [0.15, 0.2) is 9.84 Å². The van der Waals surface area contributed by atoms with Crippen molar-refractivity contribution in [2.75, 3.05) is 46.0 Å². The van der Waals surface area contributed by atoms with Crippen molar-refractivity contribution in [1.82, 2.24) is 13.5 Å². The highest BCUT2D eigenvalue weighted by Crippen LogP contribution is 2.29. The average molecular weight is 368 g/mol. The monoisotopic (exact) mass is 367 g/mol. The fourth-order valence-electron chi connectivity index (χ4n) is 3.59. The van der Waals surface area contributed by atoms with Crippen LogP contribution in [-0.2, 0) is 20.0 Å². The molecule has 9 heteroatoms. The highest BCUT2D eigenvalue weighted by molar-refractivity contribution is 7.92. The number of nitrogens with zero attached hydrogens (tertiary/aromatic N) is 3. The predicted molar refractivity (Wildman–Crippen MR) is 91.2 cm³/mol. The molecule has 7 nitrogen and oxygen atoms in total. The zero-order valence-corrected chi connectivity index (χ0v) is 16.1. The second-order valence-corrected chi connectivity index (χ2v) is 11.6. The van der Waals surface area contributed by atoms with Gasteiger partial charge in [0.25, 0.3) is 10.2 Å². The third-order valence-electron chi connectivity index (χ3n) is 4.75. The summed E-state index contributed by atoms with van der Waals surface area (Å²) in [6.45, 7) is 6.32. The van der Waals surface area contributed by atoms with E-state index in [1.165, 1.54) is 22.7 Å². The molecule has 23 heavy (non-hydrogen) atoms. The van der Waals surface area contributed by atoms with Crippen molar-refractivity contribution in [2.45, 2.75) is 38.0 Å². The molecule has 0 aromatic heterocycles. The number of hydrogen-bond donors (Lipinski definition) is 0. The maximum atomic E-state index is 12.5. The lowest BCUT2D eigenvalue weighted by atomic mass is 10.0. The van der Waals surface area contributed by atoms with Crippen LogP contribution in [-0.4, -0.2) is 87.7 Å². The Bertz CT molecular complexity index is 616. The first kappa shape index (κ1) is 19.1. The van der Waals surface area contributed by atoms with Gasteiger partial charge in [-0.3, -0.25) is 4.90 Å². The summed E-state index contributed by atoms with van der Waals surface area (Å²) in [5.41, 5.74) is 0. The van der Waals surface area contributed by atoms with Gasteiger partial charge in [0, 0.05) is 46.3 Å². The van der Waals surface area contributed by atoms with Crippen LogP contribution in [0.1, 0.15) is 26.7 Å². The van der Waals surface area contributed by atoms with E-state index in [-0.39, 0.29) is 18.3 Å². The molecule has 0 radical (unpaired) electrons. The lowest BCUT2D eigenvalue weighted by molar-refractivity contribution is 0.162. The molecule has 0 aromatic carbocycles. The fourth-order valence-corrected chi connectivity index (χ4v) is 6.77. The first-order valence-electron chi connectivity index (χ1n) is 8.19. The molecule has 0 amide bonds. The summed E-state index contributed by atoms with van der Waals surface area (Å²) in [6, 6.07) is -0.0708. The third-order valence-corrected chi connectivity index (χ3v) is 8.91. The molecule has 0 aromatic rings.